The summed E-state index contributed by atoms with van der Waals surface area (Å²) in [6, 6.07) is 12.4. The Bertz CT molecular complexity index is 717. The third-order valence-electron chi connectivity index (χ3n) is 3.01. The van der Waals surface area contributed by atoms with Crippen molar-refractivity contribution >= 4 is 28.1 Å². The summed E-state index contributed by atoms with van der Waals surface area (Å²) in [5.74, 6) is 1.68. The second-order valence-electron chi connectivity index (χ2n) is 4.65. The van der Waals surface area contributed by atoms with Crippen molar-refractivity contribution in [1.29, 1.82) is 0 Å². The first kappa shape index (κ1) is 17.8. The summed E-state index contributed by atoms with van der Waals surface area (Å²) in [4.78, 5) is 11.7. The van der Waals surface area contributed by atoms with Gasteiger partial charge in [-0.25, -0.2) is 5.43 Å². The van der Waals surface area contributed by atoms with E-state index in [0.717, 1.165) is 21.5 Å². The van der Waals surface area contributed by atoms with Gasteiger partial charge in [-0.1, -0.05) is 0 Å². The highest BCUT2D eigenvalue weighted by molar-refractivity contribution is 9.10. The van der Waals surface area contributed by atoms with Gasteiger partial charge in [0.05, 0.1) is 24.9 Å². The van der Waals surface area contributed by atoms with E-state index in [0.29, 0.717) is 5.75 Å². The molecule has 0 aromatic heterocycles. The molecule has 2 rings (SSSR count). The number of rotatable bonds is 7. The topological polar surface area (TPSA) is 69.2 Å². The summed E-state index contributed by atoms with van der Waals surface area (Å²) in [6.45, 7) is -0.129. The molecule has 2 aromatic rings. The molecule has 0 unspecified atom stereocenters. The minimum atomic E-state index is -0.352. The van der Waals surface area contributed by atoms with Gasteiger partial charge in [0.1, 0.15) is 17.2 Å². The van der Waals surface area contributed by atoms with Crippen LogP contribution in [0.4, 0.5) is 0 Å². The predicted molar refractivity (Wildman–Crippen MR) is 94.9 cm³/mol. The van der Waals surface area contributed by atoms with Crippen LogP contribution in [0.25, 0.3) is 0 Å². The molecule has 0 fully saturated rings. The van der Waals surface area contributed by atoms with Gasteiger partial charge in [0, 0.05) is 0 Å². The molecule has 0 aliphatic carbocycles. The zero-order valence-corrected chi connectivity index (χ0v) is 14.9. The SMILES string of the molecule is COc1ccc(OCC(=O)N/N=C/c2ccc(OC)c(Br)c2)cc1. The molecular weight excluding hydrogens is 376 g/mol. The van der Waals surface area contributed by atoms with Gasteiger partial charge in [-0.3, -0.25) is 4.79 Å². The van der Waals surface area contributed by atoms with Crippen LogP contribution in [0.2, 0.25) is 0 Å². The molecule has 0 saturated carbocycles. The van der Waals surface area contributed by atoms with Gasteiger partial charge in [-0.15, -0.1) is 0 Å². The Labute approximate surface area is 148 Å². The Hall–Kier alpha value is -2.54. The molecule has 1 N–H and O–H groups in total. The van der Waals surface area contributed by atoms with E-state index in [4.69, 9.17) is 14.2 Å². The van der Waals surface area contributed by atoms with Crippen molar-refractivity contribution in [3.05, 3.63) is 52.5 Å². The van der Waals surface area contributed by atoms with Crippen LogP contribution in [0.3, 0.4) is 0 Å². The first-order valence-corrected chi connectivity index (χ1v) is 7.84. The van der Waals surface area contributed by atoms with Crippen molar-refractivity contribution in [2.45, 2.75) is 0 Å². The van der Waals surface area contributed by atoms with Crippen LogP contribution in [0.1, 0.15) is 5.56 Å². The summed E-state index contributed by atoms with van der Waals surface area (Å²) < 4.78 is 16.4. The van der Waals surface area contributed by atoms with E-state index in [9.17, 15) is 4.79 Å². The van der Waals surface area contributed by atoms with E-state index in [1.165, 1.54) is 6.21 Å². The average molecular weight is 393 g/mol. The number of ether oxygens (including phenoxy) is 3. The largest absolute Gasteiger partial charge is 0.497 e. The first-order chi connectivity index (χ1) is 11.6. The molecular formula is C17H17BrN2O4. The smallest absolute Gasteiger partial charge is 0.277 e. The third-order valence-corrected chi connectivity index (χ3v) is 3.63. The number of nitrogens with zero attached hydrogens (tertiary/aromatic N) is 1. The molecule has 1 amide bonds. The fourth-order valence-corrected chi connectivity index (χ4v) is 2.35. The Balaban J connectivity index is 1.80. The predicted octanol–water partition coefficient (Wildman–Crippen LogP) is 3.00. The maximum Gasteiger partial charge on any atom is 0.277 e. The third kappa shape index (κ3) is 5.27. The summed E-state index contributed by atoms with van der Waals surface area (Å²) in [7, 11) is 3.18. The zero-order valence-electron chi connectivity index (χ0n) is 13.3. The molecule has 0 aliphatic rings. The highest BCUT2D eigenvalue weighted by Crippen LogP contribution is 2.24. The number of hydrogen-bond donors (Lipinski definition) is 1. The van der Waals surface area contributed by atoms with Crippen molar-refractivity contribution in [2.75, 3.05) is 20.8 Å². The van der Waals surface area contributed by atoms with E-state index in [-0.39, 0.29) is 12.5 Å². The molecule has 24 heavy (non-hydrogen) atoms. The second-order valence-corrected chi connectivity index (χ2v) is 5.51. The molecule has 7 heteroatoms. The Kier molecular flexibility index (Phi) is 6.62. The van der Waals surface area contributed by atoms with Crippen LogP contribution in [0.15, 0.2) is 52.0 Å². The minimum absolute atomic E-state index is 0.129. The summed E-state index contributed by atoms with van der Waals surface area (Å²) >= 11 is 3.39. The maximum absolute atomic E-state index is 11.7. The second kappa shape index (κ2) is 8.93. The molecule has 0 radical (unpaired) electrons. The van der Waals surface area contributed by atoms with Crippen LogP contribution in [0.5, 0.6) is 17.2 Å². The van der Waals surface area contributed by atoms with Gasteiger partial charge < -0.3 is 14.2 Å². The molecule has 6 nitrogen and oxygen atoms in total. The van der Waals surface area contributed by atoms with Gasteiger partial charge in [0.2, 0.25) is 0 Å². The lowest BCUT2D eigenvalue weighted by atomic mass is 10.2. The molecule has 0 spiro atoms. The van der Waals surface area contributed by atoms with Crippen LogP contribution in [-0.4, -0.2) is 32.9 Å². The van der Waals surface area contributed by atoms with Crippen LogP contribution in [0, 0.1) is 0 Å². The molecule has 126 valence electrons. The standard InChI is InChI=1S/C17H17BrN2O4/c1-22-13-4-6-14(7-5-13)24-11-17(21)20-19-10-12-3-8-16(23-2)15(18)9-12/h3-10H,11H2,1-2H3,(H,20,21)/b19-10+. The molecule has 0 bridgehead atoms. The van der Waals surface area contributed by atoms with Crippen LogP contribution < -0.4 is 19.6 Å². The van der Waals surface area contributed by atoms with Crippen LogP contribution >= 0.6 is 15.9 Å². The Morgan fingerprint density at radius 2 is 1.83 bits per heavy atom. The van der Waals surface area contributed by atoms with Crippen molar-refractivity contribution in [1.82, 2.24) is 5.43 Å². The maximum atomic E-state index is 11.7. The fourth-order valence-electron chi connectivity index (χ4n) is 1.79. The summed E-state index contributed by atoms with van der Waals surface area (Å²) in [5, 5.41) is 3.89. The number of methoxy groups -OCH3 is 2. The van der Waals surface area contributed by atoms with E-state index < -0.39 is 0 Å². The first-order valence-electron chi connectivity index (χ1n) is 7.04. The number of hydrazone groups is 1. The number of carbonyl (C=O) groups excluding carboxylic acids is 1. The fraction of sp³-hybridized carbons (Fsp3) is 0.176. The van der Waals surface area contributed by atoms with Crippen LogP contribution in [-0.2, 0) is 4.79 Å². The van der Waals surface area contributed by atoms with Crippen molar-refractivity contribution in [2.24, 2.45) is 5.10 Å². The zero-order chi connectivity index (χ0) is 17.4. The number of hydrogen-bond acceptors (Lipinski definition) is 5. The van der Waals surface area contributed by atoms with E-state index in [1.807, 2.05) is 12.1 Å². The number of carbonyl (C=O) groups is 1. The molecule has 0 heterocycles. The lowest BCUT2D eigenvalue weighted by molar-refractivity contribution is -0.123. The van der Waals surface area contributed by atoms with E-state index in [2.05, 4.69) is 26.5 Å². The summed E-state index contributed by atoms with van der Waals surface area (Å²) in [6.07, 6.45) is 1.54. The van der Waals surface area contributed by atoms with Crippen molar-refractivity contribution < 1.29 is 19.0 Å². The van der Waals surface area contributed by atoms with Gasteiger partial charge in [0.15, 0.2) is 6.61 Å². The van der Waals surface area contributed by atoms with E-state index >= 15 is 0 Å². The highest BCUT2D eigenvalue weighted by Gasteiger charge is 2.02. The number of benzene rings is 2. The molecule has 0 atom stereocenters. The summed E-state index contributed by atoms with van der Waals surface area (Å²) in [5.41, 5.74) is 3.22. The monoisotopic (exact) mass is 392 g/mol. The Morgan fingerprint density at radius 3 is 2.46 bits per heavy atom. The molecule has 2 aromatic carbocycles. The number of amides is 1. The van der Waals surface area contributed by atoms with Gasteiger partial charge >= 0.3 is 0 Å². The molecule has 0 aliphatic heterocycles. The van der Waals surface area contributed by atoms with Crippen molar-refractivity contribution in [3.8, 4) is 17.2 Å². The van der Waals surface area contributed by atoms with Crippen molar-refractivity contribution in [3.63, 3.8) is 0 Å². The quantitative estimate of drug-likeness (QED) is 0.580. The molecule has 0 saturated heterocycles. The van der Waals surface area contributed by atoms with Gasteiger partial charge in [0.25, 0.3) is 5.91 Å². The lowest BCUT2D eigenvalue weighted by Crippen LogP contribution is -2.24. The Morgan fingerprint density at radius 1 is 1.12 bits per heavy atom. The average Bonchev–Trinajstić information content (AvgIpc) is 2.60. The van der Waals surface area contributed by atoms with Gasteiger partial charge in [-0.2, -0.15) is 5.10 Å². The highest BCUT2D eigenvalue weighted by atomic mass is 79.9. The normalized spacial score (nSPS) is 10.5. The lowest BCUT2D eigenvalue weighted by Gasteiger charge is -2.06. The number of nitrogens with one attached hydrogen (secondary N) is 1. The number of halogens is 1. The van der Waals surface area contributed by atoms with E-state index in [1.54, 1.807) is 44.6 Å². The van der Waals surface area contributed by atoms with Gasteiger partial charge in [-0.05, 0) is 64.0 Å². The minimum Gasteiger partial charge on any atom is -0.497 e.